The zero-order valence-electron chi connectivity index (χ0n) is 13.1. The van der Waals surface area contributed by atoms with E-state index in [2.05, 4.69) is 19.4 Å². The van der Waals surface area contributed by atoms with Gasteiger partial charge in [-0.3, -0.25) is 4.79 Å². The molecule has 0 bridgehead atoms. The molecule has 1 atom stereocenters. The van der Waals surface area contributed by atoms with Crippen molar-refractivity contribution in [1.29, 1.82) is 0 Å². The molecular weight excluding hydrogens is 314 g/mol. The number of nitrogens with zero attached hydrogens (tertiary/aromatic N) is 4. The summed E-state index contributed by atoms with van der Waals surface area (Å²) in [5.74, 6) is 0.978. The number of anilines is 1. The molecule has 0 aliphatic carbocycles. The van der Waals surface area contributed by atoms with E-state index >= 15 is 0 Å². The highest BCUT2D eigenvalue weighted by atomic mass is 32.1. The Kier molecular flexibility index (Phi) is 4.92. The van der Waals surface area contributed by atoms with Crippen LogP contribution >= 0.6 is 11.3 Å². The molecule has 1 aliphatic heterocycles. The number of methoxy groups -OCH3 is 1. The van der Waals surface area contributed by atoms with E-state index in [1.165, 1.54) is 11.3 Å². The van der Waals surface area contributed by atoms with Crippen molar-refractivity contribution in [1.82, 2.24) is 14.5 Å². The minimum atomic E-state index is -0.476. The number of carbonyl (C=O) groups is 1. The van der Waals surface area contributed by atoms with Crippen LogP contribution in [0.25, 0.3) is 0 Å². The van der Waals surface area contributed by atoms with Crippen LogP contribution in [0.1, 0.15) is 35.1 Å². The smallest absolute Gasteiger partial charge is 0.268 e. The summed E-state index contributed by atoms with van der Waals surface area (Å²) in [4.78, 5) is 22.3. The number of piperidine rings is 1. The van der Waals surface area contributed by atoms with Crippen LogP contribution in [0.5, 0.6) is 0 Å². The Morgan fingerprint density at radius 2 is 2.43 bits per heavy atom. The van der Waals surface area contributed by atoms with Gasteiger partial charge in [-0.2, -0.15) is 0 Å². The Morgan fingerprint density at radius 3 is 3.17 bits per heavy atom. The maximum Gasteiger partial charge on any atom is 0.268 e. The van der Waals surface area contributed by atoms with Crippen molar-refractivity contribution in [3.63, 3.8) is 0 Å². The molecular formula is C15H21N5O2S. The maximum absolute atomic E-state index is 11.2. The summed E-state index contributed by atoms with van der Waals surface area (Å²) in [5.41, 5.74) is 5.63. The van der Waals surface area contributed by atoms with Crippen molar-refractivity contribution in [3.05, 3.63) is 29.3 Å². The molecule has 0 unspecified atom stereocenters. The van der Waals surface area contributed by atoms with Crippen LogP contribution < -0.4 is 10.6 Å². The first kappa shape index (κ1) is 15.9. The number of primary amides is 1. The summed E-state index contributed by atoms with van der Waals surface area (Å²) < 4.78 is 7.32. The average Bonchev–Trinajstić information content (AvgIpc) is 3.22. The van der Waals surface area contributed by atoms with Crippen molar-refractivity contribution >= 4 is 22.4 Å². The van der Waals surface area contributed by atoms with E-state index in [0.717, 1.165) is 43.4 Å². The zero-order valence-corrected chi connectivity index (χ0v) is 14.0. The lowest BCUT2D eigenvalue weighted by atomic mass is 9.97. The summed E-state index contributed by atoms with van der Waals surface area (Å²) in [6.45, 7) is 3.29. The third kappa shape index (κ3) is 3.53. The number of thiazole rings is 1. The predicted molar refractivity (Wildman–Crippen MR) is 88.9 cm³/mol. The Morgan fingerprint density at radius 1 is 1.57 bits per heavy atom. The number of amides is 1. The largest absolute Gasteiger partial charge is 0.383 e. The first-order valence-corrected chi connectivity index (χ1v) is 8.57. The number of hydrogen-bond acceptors (Lipinski definition) is 6. The molecule has 3 heterocycles. The van der Waals surface area contributed by atoms with Crippen LogP contribution in [0.3, 0.4) is 0 Å². The topological polar surface area (TPSA) is 86.3 Å². The van der Waals surface area contributed by atoms with Gasteiger partial charge in [0.1, 0.15) is 11.5 Å². The molecule has 0 saturated carbocycles. The average molecular weight is 335 g/mol. The summed E-state index contributed by atoms with van der Waals surface area (Å²) in [7, 11) is 1.71. The highest BCUT2D eigenvalue weighted by Crippen LogP contribution is 2.30. The maximum atomic E-state index is 11.2. The van der Waals surface area contributed by atoms with E-state index in [1.807, 2.05) is 12.4 Å². The number of ether oxygens (including phenoxy) is 1. The number of hydrogen-bond donors (Lipinski definition) is 1. The molecule has 8 heteroatoms. The molecule has 1 fully saturated rings. The third-order valence-corrected chi connectivity index (χ3v) is 4.99. The fourth-order valence-electron chi connectivity index (χ4n) is 2.94. The number of nitrogens with two attached hydrogens (primary N) is 1. The standard InChI is InChI=1S/C15H21N5O2S/c1-22-8-7-19-6-4-17-14(19)11-3-2-5-20(9-11)15-18-12(10-23-15)13(16)21/h4,6,10-11H,2-3,5,7-9H2,1H3,(H2,16,21)/t11-/m0/s1. The zero-order chi connectivity index (χ0) is 16.2. The molecule has 1 amide bonds. The summed E-state index contributed by atoms with van der Waals surface area (Å²) >= 11 is 1.47. The fraction of sp³-hybridized carbons (Fsp3) is 0.533. The number of rotatable bonds is 6. The van der Waals surface area contributed by atoms with Gasteiger partial charge < -0.3 is 19.9 Å². The van der Waals surface area contributed by atoms with Crippen molar-refractivity contribution in [2.24, 2.45) is 5.73 Å². The van der Waals surface area contributed by atoms with Gasteiger partial charge in [-0.25, -0.2) is 9.97 Å². The van der Waals surface area contributed by atoms with Crippen LogP contribution in [0.15, 0.2) is 17.8 Å². The first-order chi connectivity index (χ1) is 11.2. The molecule has 3 rings (SSSR count). The minimum absolute atomic E-state index is 0.341. The molecule has 0 radical (unpaired) electrons. The molecule has 7 nitrogen and oxygen atoms in total. The molecule has 1 aliphatic rings. The molecule has 1 saturated heterocycles. The van der Waals surface area contributed by atoms with Gasteiger partial charge in [0.2, 0.25) is 0 Å². The molecule has 2 aromatic rings. The number of aromatic nitrogens is 3. The van der Waals surface area contributed by atoms with E-state index in [1.54, 1.807) is 12.5 Å². The van der Waals surface area contributed by atoms with E-state index < -0.39 is 5.91 Å². The van der Waals surface area contributed by atoms with Gasteiger partial charge in [-0.15, -0.1) is 11.3 Å². The second-order valence-electron chi connectivity index (χ2n) is 5.64. The van der Waals surface area contributed by atoms with Gasteiger partial charge >= 0.3 is 0 Å². The van der Waals surface area contributed by atoms with E-state index in [-0.39, 0.29) is 0 Å². The number of imidazole rings is 1. The molecule has 2 aromatic heterocycles. The second-order valence-corrected chi connectivity index (χ2v) is 6.47. The van der Waals surface area contributed by atoms with E-state index in [4.69, 9.17) is 10.5 Å². The van der Waals surface area contributed by atoms with Crippen LogP contribution in [-0.2, 0) is 11.3 Å². The van der Waals surface area contributed by atoms with Gasteiger partial charge in [0.15, 0.2) is 5.13 Å². The van der Waals surface area contributed by atoms with Crippen LogP contribution in [0.2, 0.25) is 0 Å². The second kappa shape index (κ2) is 7.10. The SMILES string of the molecule is COCCn1ccnc1[C@H]1CCCN(c2nc(C(N)=O)cs2)C1. The Hall–Kier alpha value is -1.93. The van der Waals surface area contributed by atoms with Gasteiger partial charge in [0.05, 0.1) is 6.61 Å². The van der Waals surface area contributed by atoms with Gasteiger partial charge in [0, 0.05) is 50.4 Å². The highest BCUT2D eigenvalue weighted by Gasteiger charge is 2.26. The number of carbonyl (C=O) groups excluding carboxylic acids is 1. The van der Waals surface area contributed by atoms with Crippen molar-refractivity contribution in [2.45, 2.75) is 25.3 Å². The van der Waals surface area contributed by atoms with Crippen molar-refractivity contribution in [3.8, 4) is 0 Å². The van der Waals surface area contributed by atoms with Crippen LogP contribution in [0.4, 0.5) is 5.13 Å². The van der Waals surface area contributed by atoms with Gasteiger partial charge in [0.25, 0.3) is 5.91 Å². The molecule has 0 spiro atoms. The van der Waals surface area contributed by atoms with Gasteiger partial charge in [-0.05, 0) is 12.8 Å². The summed E-state index contributed by atoms with van der Waals surface area (Å²) in [5, 5.41) is 2.58. The van der Waals surface area contributed by atoms with Crippen molar-refractivity contribution < 1.29 is 9.53 Å². The quantitative estimate of drug-likeness (QED) is 0.864. The Bertz CT molecular complexity index is 668. The van der Waals surface area contributed by atoms with Crippen molar-refractivity contribution in [2.75, 3.05) is 31.7 Å². The van der Waals surface area contributed by atoms with E-state index in [9.17, 15) is 4.79 Å². The third-order valence-electron chi connectivity index (χ3n) is 4.09. The first-order valence-electron chi connectivity index (χ1n) is 7.69. The Balaban J connectivity index is 1.73. The molecule has 124 valence electrons. The highest BCUT2D eigenvalue weighted by molar-refractivity contribution is 7.13. The van der Waals surface area contributed by atoms with E-state index in [0.29, 0.717) is 18.2 Å². The van der Waals surface area contributed by atoms with Crippen LogP contribution in [-0.4, -0.2) is 47.2 Å². The molecule has 23 heavy (non-hydrogen) atoms. The monoisotopic (exact) mass is 335 g/mol. The Labute approximate surface area is 139 Å². The van der Waals surface area contributed by atoms with Crippen LogP contribution in [0, 0.1) is 0 Å². The molecule has 0 aromatic carbocycles. The summed E-state index contributed by atoms with van der Waals surface area (Å²) in [6.07, 6.45) is 6.03. The lowest BCUT2D eigenvalue weighted by Crippen LogP contribution is -2.35. The molecule has 2 N–H and O–H groups in total. The fourth-order valence-corrected chi connectivity index (χ4v) is 3.80. The lowest BCUT2D eigenvalue weighted by Gasteiger charge is -2.32. The summed E-state index contributed by atoms with van der Waals surface area (Å²) in [6, 6.07) is 0. The lowest BCUT2D eigenvalue weighted by molar-refractivity contribution is 0.0996. The predicted octanol–water partition coefficient (Wildman–Crippen LogP) is 1.47. The normalized spacial score (nSPS) is 18.3. The minimum Gasteiger partial charge on any atom is -0.383 e. The van der Waals surface area contributed by atoms with Gasteiger partial charge in [-0.1, -0.05) is 0 Å².